The van der Waals surface area contributed by atoms with E-state index in [0.717, 1.165) is 11.3 Å². The van der Waals surface area contributed by atoms with Crippen LogP contribution < -0.4 is 21.1 Å². The van der Waals surface area contributed by atoms with Gasteiger partial charge in [-0.1, -0.05) is 12.1 Å². The van der Waals surface area contributed by atoms with Gasteiger partial charge in [0.1, 0.15) is 5.75 Å². The second-order valence-corrected chi connectivity index (χ2v) is 4.83. The Balaban J connectivity index is 1.95. The van der Waals surface area contributed by atoms with Crippen LogP contribution in [0, 0.1) is 0 Å². The van der Waals surface area contributed by atoms with Crippen LogP contribution >= 0.6 is 0 Å². The summed E-state index contributed by atoms with van der Waals surface area (Å²) in [6, 6.07) is 13.5. The molecule has 4 N–H and O–H groups in total. The molecule has 0 radical (unpaired) electrons. The Morgan fingerprint density at radius 2 is 1.70 bits per heavy atom. The van der Waals surface area contributed by atoms with Gasteiger partial charge in [0, 0.05) is 17.8 Å². The van der Waals surface area contributed by atoms with Gasteiger partial charge in [0.15, 0.2) is 0 Å². The van der Waals surface area contributed by atoms with Gasteiger partial charge < -0.3 is 21.1 Å². The number of urea groups is 1. The molecule has 2 aromatic carbocycles. The quantitative estimate of drug-likeness (QED) is 0.765. The van der Waals surface area contributed by atoms with Crippen molar-refractivity contribution in [2.24, 2.45) is 5.73 Å². The molecule has 0 heterocycles. The van der Waals surface area contributed by atoms with E-state index in [1.165, 1.54) is 0 Å². The van der Waals surface area contributed by atoms with Crippen molar-refractivity contribution in [3.05, 3.63) is 59.7 Å². The van der Waals surface area contributed by atoms with Crippen molar-refractivity contribution in [1.82, 2.24) is 5.32 Å². The van der Waals surface area contributed by atoms with E-state index >= 15 is 0 Å². The highest BCUT2D eigenvalue weighted by molar-refractivity contribution is 6.04. The Morgan fingerprint density at radius 3 is 2.26 bits per heavy atom. The molecule has 0 saturated carbocycles. The number of primary amides is 1. The van der Waals surface area contributed by atoms with Gasteiger partial charge in [-0.25, -0.2) is 4.79 Å². The van der Waals surface area contributed by atoms with Gasteiger partial charge in [-0.05, 0) is 48.9 Å². The summed E-state index contributed by atoms with van der Waals surface area (Å²) < 4.78 is 5.35. The van der Waals surface area contributed by atoms with Crippen molar-refractivity contribution in [1.29, 1.82) is 0 Å². The zero-order chi connectivity index (χ0) is 16.7. The molecule has 0 aliphatic carbocycles. The van der Waals surface area contributed by atoms with Crippen molar-refractivity contribution < 1.29 is 14.3 Å². The van der Waals surface area contributed by atoms with Crippen LogP contribution in [-0.4, -0.2) is 18.5 Å². The summed E-state index contributed by atoms with van der Waals surface area (Å²) in [6.07, 6.45) is 0. The van der Waals surface area contributed by atoms with E-state index in [-0.39, 0.29) is 5.91 Å². The lowest BCUT2D eigenvalue weighted by Gasteiger charge is -2.08. The molecule has 0 spiro atoms. The molecule has 3 amide bonds. The van der Waals surface area contributed by atoms with E-state index in [1.807, 2.05) is 6.92 Å². The van der Waals surface area contributed by atoms with E-state index < -0.39 is 6.03 Å². The van der Waals surface area contributed by atoms with Crippen molar-refractivity contribution in [2.75, 3.05) is 11.9 Å². The summed E-state index contributed by atoms with van der Waals surface area (Å²) in [5.74, 6) is 0.556. The molecule has 2 aromatic rings. The second kappa shape index (κ2) is 7.84. The molecule has 6 heteroatoms. The molecule has 0 bridgehead atoms. The van der Waals surface area contributed by atoms with Gasteiger partial charge in [0.2, 0.25) is 0 Å². The van der Waals surface area contributed by atoms with E-state index in [4.69, 9.17) is 10.5 Å². The van der Waals surface area contributed by atoms with Gasteiger partial charge in [-0.2, -0.15) is 0 Å². The second-order valence-electron chi connectivity index (χ2n) is 4.83. The number of carbonyl (C=O) groups excluding carboxylic acids is 2. The standard InChI is InChI=1S/C17H19N3O3/c1-2-23-15-9-7-14(8-10-15)20-16(21)13-5-3-12(4-6-13)11-19-17(18)22/h3-10H,2,11H2,1H3,(H,20,21)(H3,18,19,22). The third-order valence-electron chi connectivity index (χ3n) is 3.11. The normalized spacial score (nSPS) is 9.96. The zero-order valence-corrected chi connectivity index (χ0v) is 12.8. The largest absolute Gasteiger partial charge is 0.494 e. The number of ether oxygens (including phenoxy) is 1. The fourth-order valence-corrected chi connectivity index (χ4v) is 1.97. The SMILES string of the molecule is CCOc1ccc(NC(=O)c2ccc(CNC(N)=O)cc2)cc1. The summed E-state index contributed by atoms with van der Waals surface area (Å²) >= 11 is 0. The fraction of sp³-hybridized carbons (Fsp3) is 0.176. The minimum absolute atomic E-state index is 0.205. The van der Waals surface area contributed by atoms with Gasteiger partial charge in [-0.15, -0.1) is 0 Å². The number of hydrogen-bond acceptors (Lipinski definition) is 3. The van der Waals surface area contributed by atoms with Crippen LogP contribution in [0.3, 0.4) is 0 Å². The van der Waals surface area contributed by atoms with Gasteiger partial charge >= 0.3 is 6.03 Å². The Bertz CT molecular complexity index is 666. The summed E-state index contributed by atoms with van der Waals surface area (Å²) in [5.41, 5.74) is 7.10. The van der Waals surface area contributed by atoms with Gasteiger partial charge in [0.05, 0.1) is 6.61 Å². The summed E-state index contributed by atoms with van der Waals surface area (Å²) in [5, 5.41) is 5.31. The topological polar surface area (TPSA) is 93.4 Å². The average molecular weight is 313 g/mol. The highest BCUT2D eigenvalue weighted by Crippen LogP contribution is 2.16. The van der Waals surface area contributed by atoms with Crippen LogP contribution in [-0.2, 0) is 6.54 Å². The molecule has 6 nitrogen and oxygen atoms in total. The molecular formula is C17H19N3O3. The maximum atomic E-state index is 12.2. The molecule has 0 fully saturated rings. The van der Waals surface area contributed by atoms with Crippen molar-refractivity contribution in [3.63, 3.8) is 0 Å². The number of nitrogens with two attached hydrogens (primary N) is 1. The molecule has 0 aliphatic heterocycles. The highest BCUT2D eigenvalue weighted by atomic mass is 16.5. The lowest BCUT2D eigenvalue weighted by molar-refractivity contribution is 0.102. The molecule has 2 rings (SSSR count). The molecule has 23 heavy (non-hydrogen) atoms. The fourth-order valence-electron chi connectivity index (χ4n) is 1.97. The molecule has 0 atom stereocenters. The van der Waals surface area contributed by atoms with E-state index in [0.29, 0.717) is 24.4 Å². The first-order valence-corrected chi connectivity index (χ1v) is 7.25. The monoisotopic (exact) mass is 313 g/mol. The lowest BCUT2D eigenvalue weighted by Crippen LogP contribution is -2.28. The number of rotatable bonds is 6. The molecule has 0 saturated heterocycles. The Hall–Kier alpha value is -3.02. The Labute approximate surface area is 134 Å². The van der Waals surface area contributed by atoms with Gasteiger partial charge in [0.25, 0.3) is 5.91 Å². The number of benzene rings is 2. The molecule has 0 aromatic heterocycles. The molecule has 0 unspecified atom stereocenters. The smallest absolute Gasteiger partial charge is 0.312 e. The third kappa shape index (κ3) is 5.03. The van der Waals surface area contributed by atoms with Crippen LogP contribution in [0.25, 0.3) is 0 Å². The first-order chi connectivity index (χ1) is 11.1. The molecule has 0 aliphatic rings. The number of carbonyl (C=O) groups is 2. The molecular weight excluding hydrogens is 294 g/mol. The van der Waals surface area contributed by atoms with Gasteiger partial charge in [-0.3, -0.25) is 4.79 Å². The number of hydrogen-bond donors (Lipinski definition) is 3. The predicted octanol–water partition coefficient (Wildman–Crippen LogP) is 2.51. The number of amides is 3. The maximum absolute atomic E-state index is 12.2. The van der Waals surface area contributed by atoms with Crippen LogP contribution in [0.1, 0.15) is 22.8 Å². The van der Waals surface area contributed by atoms with Crippen LogP contribution in [0.15, 0.2) is 48.5 Å². The van der Waals surface area contributed by atoms with Crippen molar-refractivity contribution >= 4 is 17.6 Å². The zero-order valence-electron chi connectivity index (χ0n) is 12.8. The highest BCUT2D eigenvalue weighted by Gasteiger charge is 2.06. The van der Waals surface area contributed by atoms with Crippen LogP contribution in [0.2, 0.25) is 0 Å². The summed E-state index contributed by atoms with van der Waals surface area (Å²) in [6.45, 7) is 2.84. The van der Waals surface area contributed by atoms with Crippen molar-refractivity contribution in [3.8, 4) is 5.75 Å². The van der Waals surface area contributed by atoms with E-state index in [1.54, 1.807) is 48.5 Å². The molecule has 120 valence electrons. The Kier molecular flexibility index (Phi) is 5.57. The summed E-state index contributed by atoms with van der Waals surface area (Å²) in [7, 11) is 0. The first-order valence-electron chi connectivity index (χ1n) is 7.25. The van der Waals surface area contributed by atoms with E-state index in [9.17, 15) is 9.59 Å². The van der Waals surface area contributed by atoms with Crippen LogP contribution in [0.4, 0.5) is 10.5 Å². The van der Waals surface area contributed by atoms with Crippen LogP contribution in [0.5, 0.6) is 5.75 Å². The predicted molar refractivity (Wildman–Crippen MR) is 88.4 cm³/mol. The minimum Gasteiger partial charge on any atom is -0.494 e. The summed E-state index contributed by atoms with van der Waals surface area (Å²) in [4.78, 5) is 22.8. The average Bonchev–Trinajstić information content (AvgIpc) is 2.55. The number of nitrogens with one attached hydrogen (secondary N) is 2. The van der Waals surface area contributed by atoms with Crippen molar-refractivity contribution in [2.45, 2.75) is 13.5 Å². The lowest BCUT2D eigenvalue weighted by atomic mass is 10.1. The van der Waals surface area contributed by atoms with E-state index in [2.05, 4.69) is 10.6 Å². The maximum Gasteiger partial charge on any atom is 0.312 e. The number of anilines is 1. The third-order valence-corrected chi connectivity index (χ3v) is 3.11. The minimum atomic E-state index is -0.581. The Morgan fingerprint density at radius 1 is 1.04 bits per heavy atom. The first kappa shape index (κ1) is 16.4.